The van der Waals surface area contributed by atoms with Crippen LogP contribution in [-0.4, -0.2) is 42.0 Å². The van der Waals surface area contributed by atoms with Crippen LogP contribution in [0.1, 0.15) is 53.0 Å². The maximum Gasteiger partial charge on any atom is 0.410 e. The number of halogens is 1. The van der Waals surface area contributed by atoms with Gasteiger partial charge in [-0.2, -0.15) is 0 Å². The lowest BCUT2D eigenvalue weighted by atomic mass is 10.1. The molecule has 146 valence electrons. The minimum Gasteiger partial charge on any atom is -0.491 e. The van der Waals surface area contributed by atoms with E-state index >= 15 is 0 Å². The van der Waals surface area contributed by atoms with Gasteiger partial charge in [-0.25, -0.2) is 4.79 Å². The molecule has 0 unspecified atom stereocenters. The maximum atomic E-state index is 12.9. The summed E-state index contributed by atoms with van der Waals surface area (Å²) in [6.45, 7) is 11.4. The molecule has 1 amide bonds. The summed E-state index contributed by atoms with van der Waals surface area (Å²) >= 11 is 3.62. The highest BCUT2D eigenvalue weighted by Crippen LogP contribution is 2.31. The van der Waals surface area contributed by atoms with E-state index in [2.05, 4.69) is 15.9 Å². The fraction of sp³-hybridized carbons (Fsp3) is 0.650. The minimum absolute atomic E-state index is 0.0566. The molecule has 5 nitrogen and oxygen atoms in total. The molecule has 0 bridgehead atoms. The number of hydrogen-bond acceptors (Lipinski definition) is 4. The lowest BCUT2D eigenvalue weighted by molar-refractivity contribution is -0.00833. The summed E-state index contributed by atoms with van der Waals surface area (Å²) in [7, 11) is 0. The van der Waals surface area contributed by atoms with E-state index < -0.39 is 5.60 Å². The van der Waals surface area contributed by atoms with Crippen LogP contribution >= 0.6 is 15.9 Å². The Morgan fingerprint density at radius 2 is 1.96 bits per heavy atom. The summed E-state index contributed by atoms with van der Waals surface area (Å²) in [5, 5.41) is 0. The molecule has 2 rings (SSSR count). The van der Waals surface area contributed by atoms with E-state index in [4.69, 9.17) is 14.2 Å². The van der Waals surface area contributed by atoms with Gasteiger partial charge in [0.25, 0.3) is 0 Å². The van der Waals surface area contributed by atoms with Gasteiger partial charge in [0.2, 0.25) is 0 Å². The first kappa shape index (κ1) is 21.0. The van der Waals surface area contributed by atoms with E-state index in [-0.39, 0.29) is 18.2 Å². The van der Waals surface area contributed by atoms with Crippen LogP contribution in [0, 0.1) is 0 Å². The lowest BCUT2D eigenvalue weighted by Crippen LogP contribution is -2.45. The van der Waals surface area contributed by atoms with Gasteiger partial charge in [-0.05, 0) is 59.6 Å². The molecule has 0 radical (unpaired) electrons. The maximum absolute atomic E-state index is 12.9. The Bertz CT molecular complexity index is 606. The number of carbonyl (C=O) groups excluding carboxylic acids is 1. The van der Waals surface area contributed by atoms with Crippen molar-refractivity contribution < 1.29 is 19.0 Å². The first-order chi connectivity index (χ1) is 12.2. The average Bonchev–Trinajstić information content (AvgIpc) is 2.53. The quantitative estimate of drug-likeness (QED) is 0.651. The largest absolute Gasteiger partial charge is 0.491 e. The summed E-state index contributed by atoms with van der Waals surface area (Å²) in [5.74, 6) is 0.787. The first-order valence-corrected chi connectivity index (χ1v) is 9.98. The van der Waals surface area contributed by atoms with Gasteiger partial charge in [-0.1, -0.05) is 22.0 Å². The number of rotatable bonds is 5. The van der Waals surface area contributed by atoms with Crippen molar-refractivity contribution in [2.75, 3.05) is 13.2 Å². The van der Waals surface area contributed by atoms with Crippen LogP contribution in [0.5, 0.6) is 5.75 Å². The molecule has 0 aliphatic carbocycles. The van der Waals surface area contributed by atoms with Gasteiger partial charge >= 0.3 is 6.09 Å². The molecule has 1 aromatic carbocycles. The van der Waals surface area contributed by atoms with E-state index in [1.807, 2.05) is 57.7 Å². The number of benzene rings is 1. The van der Waals surface area contributed by atoms with Crippen molar-refractivity contribution in [3.05, 3.63) is 28.2 Å². The summed E-state index contributed by atoms with van der Waals surface area (Å²) in [5.41, 5.74) is 0.421. The lowest BCUT2D eigenvalue weighted by Gasteiger charge is -2.36. The Morgan fingerprint density at radius 3 is 2.54 bits per heavy atom. The Kier molecular flexibility index (Phi) is 7.35. The Labute approximate surface area is 165 Å². The zero-order chi connectivity index (χ0) is 19.3. The first-order valence-electron chi connectivity index (χ1n) is 9.19. The third-order valence-corrected chi connectivity index (χ3v) is 4.77. The second-order valence-electron chi connectivity index (χ2n) is 7.83. The molecule has 0 spiro atoms. The third kappa shape index (κ3) is 6.16. The molecule has 1 saturated heterocycles. The van der Waals surface area contributed by atoms with Crippen molar-refractivity contribution >= 4 is 22.0 Å². The molecule has 1 aliphatic rings. The molecule has 6 heteroatoms. The monoisotopic (exact) mass is 427 g/mol. The molecule has 1 heterocycles. The van der Waals surface area contributed by atoms with Crippen LogP contribution in [0.15, 0.2) is 22.7 Å². The highest BCUT2D eigenvalue weighted by Gasteiger charge is 2.31. The second kappa shape index (κ2) is 9.09. The summed E-state index contributed by atoms with van der Waals surface area (Å²) in [6.07, 6.45) is 1.38. The van der Waals surface area contributed by atoms with Crippen LogP contribution < -0.4 is 4.74 Å². The van der Waals surface area contributed by atoms with Crippen molar-refractivity contribution in [2.24, 2.45) is 0 Å². The van der Waals surface area contributed by atoms with Gasteiger partial charge in [0.15, 0.2) is 0 Å². The Balaban J connectivity index is 2.30. The van der Waals surface area contributed by atoms with E-state index in [9.17, 15) is 4.79 Å². The summed E-state index contributed by atoms with van der Waals surface area (Å²) in [4.78, 5) is 14.7. The van der Waals surface area contributed by atoms with Crippen LogP contribution in [0.2, 0.25) is 0 Å². The second-order valence-corrected chi connectivity index (χ2v) is 8.69. The topological polar surface area (TPSA) is 48.0 Å². The molecule has 1 aromatic rings. The third-order valence-electron chi connectivity index (χ3n) is 4.03. The smallest absolute Gasteiger partial charge is 0.410 e. The van der Waals surface area contributed by atoms with Crippen molar-refractivity contribution in [1.82, 2.24) is 4.90 Å². The molecular weight excluding hydrogens is 398 g/mol. The van der Waals surface area contributed by atoms with Crippen molar-refractivity contribution in [3.63, 3.8) is 0 Å². The van der Waals surface area contributed by atoms with Crippen LogP contribution in [0.25, 0.3) is 0 Å². The van der Waals surface area contributed by atoms with Gasteiger partial charge in [0.05, 0.1) is 12.6 Å². The highest BCUT2D eigenvalue weighted by molar-refractivity contribution is 9.10. The zero-order valence-electron chi connectivity index (χ0n) is 16.4. The predicted octanol–water partition coefficient (Wildman–Crippen LogP) is 5.15. The number of ether oxygens (including phenoxy) is 3. The van der Waals surface area contributed by atoms with E-state index in [1.54, 1.807) is 0 Å². The number of hydrogen-bond donors (Lipinski definition) is 0. The molecule has 1 aliphatic heterocycles. The van der Waals surface area contributed by atoms with Crippen LogP contribution in [0.4, 0.5) is 4.79 Å². The minimum atomic E-state index is -0.536. The fourth-order valence-electron chi connectivity index (χ4n) is 2.89. The normalized spacial score (nSPS) is 15.8. The van der Waals surface area contributed by atoms with Gasteiger partial charge in [0.1, 0.15) is 11.4 Å². The molecule has 26 heavy (non-hydrogen) atoms. The Morgan fingerprint density at radius 1 is 1.31 bits per heavy atom. The number of carbonyl (C=O) groups is 1. The number of amides is 1. The van der Waals surface area contributed by atoms with E-state index in [0.29, 0.717) is 19.8 Å². The zero-order valence-corrected chi connectivity index (χ0v) is 18.0. The predicted molar refractivity (Wildman–Crippen MR) is 106 cm³/mol. The SMILES string of the molecule is CC(C)Oc1cccc(Br)c1CN(C(=O)OC(C)(C)C)C1CCOCC1. The molecular formula is C20H30BrNO4. The van der Waals surface area contributed by atoms with E-state index in [1.165, 1.54) is 0 Å². The summed E-state index contributed by atoms with van der Waals surface area (Å²) < 4.78 is 18.0. The Hall–Kier alpha value is -1.27. The molecule has 0 atom stereocenters. The summed E-state index contributed by atoms with van der Waals surface area (Å²) in [6, 6.07) is 5.95. The molecule has 0 saturated carbocycles. The fourth-order valence-corrected chi connectivity index (χ4v) is 3.36. The van der Waals surface area contributed by atoms with Gasteiger partial charge in [-0.15, -0.1) is 0 Å². The molecule has 0 aromatic heterocycles. The standard InChI is InChI=1S/C20H30BrNO4/c1-14(2)25-18-8-6-7-17(21)16(18)13-22(15-9-11-24-12-10-15)19(23)26-20(3,4)5/h6-8,14-15H,9-13H2,1-5H3. The van der Waals surface area contributed by atoms with Gasteiger partial charge < -0.3 is 19.1 Å². The van der Waals surface area contributed by atoms with Crippen molar-refractivity contribution in [3.8, 4) is 5.75 Å². The van der Waals surface area contributed by atoms with Crippen molar-refractivity contribution in [2.45, 2.75) is 71.8 Å². The molecule has 0 N–H and O–H groups in total. The molecule has 1 fully saturated rings. The van der Waals surface area contributed by atoms with Gasteiger partial charge in [-0.3, -0.25) is 0 Å². The van der Waals surface area contributed by atoms with Crippen LogP contribution in [0.3, 0.4) is 0 Å². The number of nitrogens with zero attached hydrogens (tertiary/aromatic N) is 1. The van der Waals surface area contributed by atoms with Gasteiger partial charge in [0, 0.05) is 29.3 Å². The average molecular weight is 428 g/mol. The van der Waals surface area contributed by atoms with Crippen molar-refractivity contribution in [1.29, 1.82) is 0 Å². The highest BCUT2D eigenvalue weighted by atomic mass is 79.9. The van der Waals surface area contributed by atoms with E-state index in [0.717, 1.165) is 28.6 Å². The van der Waals surface area contributed by atoms with Crippen LogP contribution in [-0.2, 0) is 16.0 Å².